The standard InChI is InChI=1S/C27H40O4/c1-6-7-8-24(30)31-27(18(3)28)14-12-22-21-10-9-19-16-20(29)15-17(2)26(19,5)23(21)11-13-25(22,27)4/h16-17,21-23H,6-15H2,1-5H3/t17?,21-,22-,23-,25-,26-,27-/m0/s1. The average Bonchev–Trinajstić information content (AvgIpc) is 3.01. The van der Waals surface area contributed by atoms with Gasteiger partial charge in [0.25, 0.3) is 0 Å². The van der Waals surface area contributed by atoms with Crippen LogP contribution in [0.15, 0.2) is 11.6 Å². The van der Waals surface area contributed by atoms with Gasteiger partial charge in [-0.2, -0.15) is 0 Å². The molecule has 0 aromatic rings. The lowest BCUT2D eigenvalue weighted by molar-refractivity contribution is -0.189. The Hall–Kier alpha value is -1.45. The third-order valence-corrected chi connectivity index (χ3v) is 10.2. The van der Waals surface area contributed by atoms with Crippen molar-refractivity contribution >= 4 is 17.5 Å². The van der Waals surface area contributed by atoms with Crippen molar-refractivity contribution in [3.63, 3.8) is 0 Å². The van der Waals surface area contributed by atoms with Gasteiger partial charge < -0.3 is 4.74 Å². The Labute approximate surface area is 187 Å². The summed E-state index contributed by atoms with van der Waals surface area (Å²) in [6.07, 6.45) is 10.4. The highest BCUT2D eigenvalue weighted by Gasteiger charge is 2.68. The number of hydrogen-bond donors (Lipinski definition) is 0. The zero-order valence-corrected chi connectivity index (χ0v) is 20.1. The van der Waals surface area contributed by atoms with Gasteiger partial charge >= 0.3 is 5.97 Å². The summed E-state index contributed by atoms with van der Waals surface area (Å²) in [5.74, 6) is 1.95. The largest absolute Gasteiger partial charge is 0.450 e. The Morgan fingerprint density at radius 3 is 2.52 bits per heavy atom. The van der Waals surface area contributed by atoms with Crippen molar-refractivity contribution in [2.75, 3.05) is 0 Å². The van der Waals surface area contributed by atoms with Crippen LogP contribution >= 0.6 is 0 Å². The Morgan fingerprint density at radius 1 is 1.13 bits per heavy atom. The molecule has 4 nitrogen and oxygen atoms in total. The van der Waals surface area contributed by atoms with Gasteiger partial charge in [-0.1, -0.05) is 39.7 Å². The van der Waals surface area contributed by atoms with Gasteiger partial charge in [0.15, 0.2) is 17.2 Å². The smallest absolute Gasteiger partial charge is 0.306 e. The van der Waals surface area contributed by atoms with Crippen LogP contribution in [0, 0.1) is 34.5 Å². The van der Waals surface area contributed by atoms with E-state index in [4.69, 9.17) is 4.74 Å². The molecule has 172 valence electrons. The van der Waals surface area contributed by atoms with E-state index in [2.05, 4.69) is 27.7 Å². The minimum atomic E-state index is -0.960. The summed E-state index contributed by atoms with van der Waals surface area (Å²) in [5, 5.41) is 0. The predicted molar refractivity (Wildman–Crippen MR) is 120 cm³/mol. The first-order chi connectivity index (χ1) is 14.6. The molecule has 1 unspecified atom stereocenters. The molecule has 0 aliphatic heterocycles. The summed E-state index contributed by atoms with van der Waals surface area (Å²) < 4.78 is 6.14. The monoisotopic (exact) mass is 428 g/mol. The van der Waals surface area contributed by atoms with Crippen molar-refractivity contribution < 1.29 is 19.1 Å². The second-order valence-electron chi connectivity index (χ2n) is 11.4. The Kier molecular flexibility index (Phi) is 5.75. The van der Waals surface area contributed by atoms with Crippen LogP contribution in [-0.2, 0) is 19.1 Å². The fourth-order valence-corrected chi connectivity index (χ4v) is 8.32. The van der Waals surface area contributed by atoms with Crippen LogP contribution in [-0.4, -0.2) is 23.1 Å². The van der Waals surface area contributed by atoms with Crippen molar-refractivity contribution in [2.45, 2.75) is 104 Å². The highest BCUT2D eigenvalue weighted by atomic mass is 16.6. The van der Waals surface area contributed by atoms with E-state index < -0.39 is 5.60 Å². The van der Waals surface area contributed by atoms with Crippen molar-refractivity contribution in [2.24, 2.45) is 34.5 Å². The van der Waals surface area contributed by atoms with Crippen LogP contribution in [0.5, 0.6) is 0 Å². The van der Waals surface area contributed by atoms with Gasteiger partial charge in [0.2, 0.25) is 0 Å². The molecule has 7 atom stereocenters. The van der Waals surface area contributed by atoms with Crippen LogP contribution in [0.2, 0.25) is 0 Å². The maximum atomic E-state index is 13.1. The molecule has 0 heterocycles. The highest BCUT2D eigenvalue weighted by molar-refractivity contribution is 5.92. The van der Waals surface area contributed by atoms with E-state index in [-0.39, 0.29) is 28.4 Å². The number of esters is 1. The molecule has 4 rings (SSSR count). The minimum Gasteiger partial charge on any atom is -0.450 e. The average molecular weight is 429 g/mol. The second-order valence-corrected chi connectivity index (χ2v) is 11.4. The van der Waals surface area contributed by atoms with Gasteiger partial charge in [0, 0.05) is 18.3 Å². The molecule has 0 aromatic carbocycles. The number of rotatable bonds is 5. The number of hydrogen-bond acceptors (Lipinski definition) is 4. The van der Waals surface area contributed by atoms with E-state index in [1.54, 1.807) is 6.92 Å². The topological polar surface area (TPSA) is 60.4 Å². The molecular weight excluding hydrogens is 388 g/mol. The lowest BCUT2D eigenvalue weighted by Gasteiger charge is -2.60. The van der Waals surface area contributed by atoms with Crippen LogP contribution in [0.4, 0.5) is 0 Å². The van der Waals surface area contributed by atoms with Gasteiger partial charge in [-0.15, -0.1) is 0 Å². The molecular formula is C27H40O4. The Morgan fingerprint density at radius 2 is 1.84 bits per heavy atom. The summed E-state index contributed by atoms with van der Waals surface area (Å²) in [6.45, 7) is 10.6. The summed E-state index contributed by atoms with van der Waals surface area (Å²) in [4.78, 5) is 38.0. The lowest BCUT2D eigenvalue weighted by atomic mass is 9.44. The SMILES string of the molecule is CCCCC(=O)O[C@]1(C(C)=O)CC[C@H]2[C@@H]3CCC4=CC(=O)CC(C)[C@]4(C)[C@H]3CC[C@@]21C. The van der Waals surface area contributed by atoms with Crippen molar-refractivity contribution in [3.05, 3.63) is 11.6 Å². The van der Waals surface area contributed by atoms with Gasteiger partial charge in [-0.3, -0.25) is 14.4 Å². The second kappa shape index (κ2) is 7.85. The van der Waals surface area contributed by atoms with Gasteiger partial charge in [-0.05, 0) is 87.0 Å². The molecule has 0 N–H and O–H groups in total. The number of ketones is 2. The van der Waals surface area contributed by atoms with Crippen molar-refractivity contribution in [3.8, 4) is 0 Å². The van der Waals surface area contributed by atoms with Crippen LogP contribution < -0.4 is 0 Å². The molecule has 4 aliphatic carbocycles. The number of carbonyl (C=O) groups excluding carboxylic acids is 3. The maximum Gasteiger partial charge on any atom is 0.306 e. The molecule has 0 aromatic heterocycles. The van der Waals surface area contributed by atoms with E-state index in [9.17, 15) is 14.4 Å². The fraction of sp³-hybridized carbons (Fsp3) is 0.815. The molecule has 0 spiro atoms. The van der Waals surface area contributed by atoms with Crippen LogP contribution in [0.25, 0.3) is 0 Å². The summed E-state index contributed by atoms with van der Waals surface area (Å²) >= 11 is 0. The van der Waals surface area contributed by atoms with E-state index in [0.717, 1.165) is 44.9 Å². The summed E-state index contributed by atoms with van der Waals surface area (Å²) in [7, 11) is 0. The fourth-order valence-electron chi connectivity index (χ4n) is 8.32. The maximum absolute atomic E-state index is 13.1. The van der Waals surface area contributed by atoms with Crippen molar-refractivity contribution in [1.29, 1.82) is 0 Å². The quantitative estimate of drug-likeness (QED) is 0.517. The third-order valence-electron chi connectivity index (χ3n) is 10.2. The number of Topliss-reactive ketones (excluding diaryl/α,β-unsaturated/α-hetero) is 1. The molecule has 31 heavy (non-hydrogen) atoms. The molecule has 0 radical (unpaired) electrons. The van der Waals surface area contributed by atoms with Gasteiger partial charge in [0.05, 0.1) is 0 Å². The molecule has 0 saturated heterocycles. The zero-order chi connectivity index (χ0) is 22.6. The van der Waals surface area contributed by atoms with Crippen LogP contribution in [0.1, 0.15) is 98.8 Å². The zero-order valence-electron chi connectivity index (χ0n) is 20.1. The molecule has 0 bridgehead atoms. The number of carbonyl (C=O) groups is 3. The molecule has 3 saturated carbocycles. The highest BCUT2D eigenvalue weighted by Crippen LogP contribution is 2.69. The summed E-state index contributed by atoms with van der Waals surface area (Å²) in [6, 6.07) is 0. The Bertz CT molecular complexity index is 812. The van der Waals surface area contributed by atoms with Crippen LogP contribution in [0.3, 0.4) is 0 Å². The molecule has 4 aliphatic rings. The van der Waals surface area contributed by atoms with E-state index in [0.29, 0.717) is 42.9 Å². The predicted octanol–water partition coefficient (Wildman–Crippen LogP) is 5.83. The first kappa shape index (κ1) is 22.7. The lowest BCUT2D eigenvalue weighted by Crippen LogP contribution is -2.59. The normalized spacial score (nSPS) is 44.0. The van der Waals surface area contributed by atoms with E-state index >= 15 is 0 Å². The minimum absolute atomic E-state index is 0.0278. The molecule has 4 heteroatoms. The number of ether oxygens (including phenoxy) is 1. The summed E-state index contributed by atoms with van der Waals surface area (Å²) in [5.41, 5.74) is 0.200. The van der Waals surface area contributed by atoms with E-state index in [1.807, 2.05) is 6.08 Å². The van der Waals surface area contributed by atoms with E-state index in [1.165, 1.54) is 5.57 Å². The Balaban J connectivity index is 1.65. The molecule has 0 amide bonds. The first-order valence-corrected chi connectivity index (χ1v) is 12.6. The number of allylic oxidation sites excluding steroid dienone is 1. The van der Waals surface area contributed by atoms with Gasteiger partial charge in [-0.25, -0.2) is 0 Å². The van der Waals surface area contributed by atoms with Gasteiger partial charge in [0.1, 0.15) is 0 Å². The van der Waals surface area contributed by atoms with Crippen molar-refractivity contribution in [1.82, 2.24) is 0 Å². The third kappa shape index (κ3) is 3.18. The first-order valence-electron chi connectivity index (χ1n) is 12.6. The number of unbranched alkanes of at least 4 members (excludes halogenated alkanes) is 1. The molecule has 3 fully saturated rings. The number of fused-ring (bicyclic) bond motifs is 5.